The second-order valence-corrected chi connectivity index (χ2v) is 9.00. The van der Waals surface area contributed by atoms with Gasteiger partial charge in [-0.2, -0.15) is 0 Å². The second-order valence-electron chi connectivity index (χ2n) is 9.00. The van der Waals surface area contributed by atoms with Crippen LogP contribution in [-0.2, 0) is 10.3 Å². The van der Waals surface area contributed by atoms with Gasteiger partial charge >= 0.3 is 0 Å². The smallest absolute Gasteiger partial charge is 0.271 e. The lowest BCUT2D eigenvalue weighted by molar-refractivity contribution is -0.146. The number of benzene rings is 1. The predicted octanol–water partition coefficient (Wildman–Crippen LogP) is 5.53. The van der Waals surface area contributed by atoms with Crippen LogP contribution in [-0.4, -0.2) is 33.5 Å². The van der Waals surface area contributed by atoms with E-state index in [1.54, 1.807) is 0 Å². The zero-order chi connectivity index (χ0) is 26.3. The molecule has 0 radical (unpaired) electrons. The average Bonchev–Trinajstić information content (AvgIpc) is 2.80. The molecule has 1 aromatic carbocycles. The van der Waals surface area contributed by atoms with E-state index in [0.29, 0.717) is 0 Å². The molecule has 0 saturated carbocycles. The highest BCUT2D eigenvalue weighted by atomic mass is 19.3. The minimum atomic E-state index is -3.03. The monoisotopic (exact) mass is 507 g/mol. The van der Waals surface area contributed by atoms with Crippen LogP contribution in [0.25, 0.3) is 11.1 Å². The summed E-state index contributed by atoms with van der Waals surface area (Å²) < 4.78 is 75.8. The third-order valence-electron chi connectivity index (χ3n) is 5.69. The standard InChI is InChI=1S/C25H22F5N3O3/c1-24(2,35)22-18(28)9-13(11-32-22)23(34)33-20-15(16-10-14(26)3-4-17(16)27)6-8-31-21(20)19-5-7-25(29,30)12-36-19/h3-4,6,8-11,19,35H,5,7,12H2,1-2H3,(H,33,34)/t19-/m1/s1. The first-order valence-corrected chi connectivity index (χ1v) is 11.0. The summed E-state index contributed by atoms with van der Waals surface area (Å²) in [5, 5.41) is 12.5. The average molecular weight is 507 g/mol. The van der Waals surface area contributed by atoms with Crippen LogP contribution < -0.4 is 5.32 Å². The number of ether oxygens (including phenoxy) is 1. The minimum absolute atomic E-state index is 0.0211. The highest BCUT2D eigenvalue weighted by Crippen LogP contribution is 2.41. The van der Waals surface area contributed by atoms with Crippen molar-refractivity contribution in [3.8, 4) is 11.1 Å². The summed E-state index contributed by atoms with van der Waals surface area (Å²) in [5.74, 6) is -6.39. The Kier molecular flexibility index (Phi) is 6.80. The van der Waals surface area contributed by atoms with E-state index in [1.165, 1.54) is 26.1 Å². The molecule has 4 rings (SSSR count). The van der Waals surface area contributed by atoms with Gasteiger partial charge in [0, 0.05) is 29.9 Å². The summed E-state index contributed by atoms with van der Waals surface area (Å²) in [6.45, 7) is 1.78. The number of carbonyl (C=O) groups excluding carboxylic acids is 1. The Morgan fingerprint density at radius 1 is 1.11 bits per heavy atom. The number of nitrogens with zero attached hydrogens (tertiary/aromatic N) is 2. The summed E-state index contributed by atoms with van der Waals surface area (Å²) in [6, 6.07) is 4.93. The van der Waals surface area contributed by atoms with Crippen LogP contribution in [0, 0.1) is 17.5 Å². The van der Waals surface area contributed by atoms with Crippen LogP contribution in [0.1, 0.15) is 54.5 Å². The van der Waals surface area contributed by atoms with Gasteiger partial charge in [-0.25, -0.2) is 22.0 Å². The number of alkyl halides is 2. The lowest BCUT2D eigenvalue weighted by Gasteiger charge is -2.30. The molecule has 0 bridgehead atoms. The lowest BCUT2D eigenvalue weighted by atomic mass is 9.97. The number of hydrogen-bond donors (Lipinski definition) is 2. The third-order valence-corrected chi connectivity index (χ3v) is 5.69. The Morgan fingerprint density at radius 2 is 1.86 bits per heavy atom. The highest BCUT2D eigenvalue weighted by molar-refractivity contribution is 6.06. The maximum atomic E-state index is 14.7. The Bertz CT molecular complexity index is 1300. The quantitative estimate of drug-likeness (QED) is 0.444. The summed E-state index contributed by atoms with van der Waals surface area (Å²) >= 11 is 0. The van der Waals surface area contributed by atoms with E-state index in [1.807, 2.05) is 0 Å². The van der Waals surface area contributed by atoms with Gasteiger partial charge < -0.3 is 15.2 Å². The largest absolute Gasteiger partial charge is 0.384 e. The van der Waals surface area contributed by atoms with Crippen LogP contribution >= 0.6 is 0 Å². The fourth-order valence-electron chi connectivity index (χ4n) is 3.92. The molecule has 0 spiro atoms. The SMILES string of the molecule is CC(C)(O)c1ncc(C(=O)Nc2c(-c3cc(F)ccc3F)ccnc2[C@H]2CCC(F)(F)CO2)cc1F. The van der Waals surface area contributed by atoms with Gasteiger partial charge in [-0.05, 0) is 50.6 Å². The molecule has 1 fully saturated rings. The van der Waals surface area contributed by atoms with E-state index >= 15 is 0 Å². The number of amides is 1. The van der Waals surface area contributed by atoms with Gasteiger partial charge in [0.25, 0.3) is 11.8 Å². The lowest BCUT2D eigenvalue weighted by Crippen LogP contribution is -2.31. The molecule has 2 aromatic heterocycles. The van der Waals surface area contributed by atoms with Crippen LogP contribution in [0.3, 0.4) is 0 Å². The predicted molar refractivity (Wildman–Crippen MR) is 120 cm³/mol. The molecule has 36 heavy (non-hydrogen) atoms. The Labute approximate surface area is 203 Å². The molecular weight excluding hydrogens is 485 g/mol. The van der Waals surface area contributed by atoms with E-state index in [4.69, 9.17) is 4.74 Å². The van der Waals surface area contributed by atoms with E-state index in [0.717, 1.165) is 30.5 Å². The number of aliphatic hydroxyl groups is 1. The van der Waals surface area contributed by atoms with Crippen LogP contribution in [0.5, 0.6) is 0 Å². The summed E-state index contributed by atoms with van der Waals surface area (Å²) in [7, 11) is 0. The van der Waals surface area contributed by atoms with Gasteiger partial charge in [0.05, 0.1) is 16.9 Å². The van der Waals surface area contributed by atoms with Crippen molar-refractivity contribution in [2.24, 2.45) is 0 Å². The maximum absolute atomic E-state index is 14.7. The first-order chi connectivity index (χ1) is 16.9. The Balaban J connectivity index is 1.78. The van der Waals surface area contributed by atoms with Crippen LogP contribution in [0.4, 0.5) is 27.6 Å². The van der Waals surface area contributed by atoms with Crippen LogP contribution in [0.2, 0.25) is 0 Å². The van der Waals surface area contributed by atoms with E-state index in [-0.39, 0.29) is 40.2 Å². The van der Waals surface area contributed by atoms with Gasteiger partial charge in [-0.1, -0.05) is 0 Å². The minimum Gasteiger partial charge on any atom is -0.384 e. The number of anilines is 1. The molecule has 1 saturated heterocycles. The highest BCUT2D eigenvalue weighted by Gasteiger charge is 2.38. The number of hydrogen-bond acceptors (Lipinski definition) is 5. The summed E-state index contributed by atoms with van der Waals surface area (Å²) in [6.07, 6.45) is 0.693. The van der Waals surface area contributed by atoms with E-state index in [9.17, 15) is 31.9 Å². The fourth-order valence-corrected chi connectivity index (χ4v) is 3.92. The number of carbonyl (C=O) groups is 1. The zero-order valence-corrected chi connectivity index (χ0v) is 19.3. The molecule has 3 heterocycles. The normalized spacial score (nSPS) is 17.6. The van der Waals surface area contributed by atoms with Crippen molar-refractivity contribution in [2.75, 3.05) is 11.9 Å². The number of pyridine rings is 2. The van der Waals surface area contributed by atoms with E-state index in [2.05, 4.69) is 15.3 Å². The number of aromatic nitrogens is 2. The first-order valence-electron chi connectivity index (χ1n) is 11.0. The molecule has 0 aliphatic carbocycles. The van der Waals surface area contributed by atoms with Crippen molar-refractivity contribution >= 4 is 11.6 Å². The maximum Gasteiger partial charge on any atom is 0.271 e. The Hall–Kier alpha value is -3.44. The van der Waals surface area contributed by atoms with Gasteiger partial charge in [0.1, 0.15) is 41.5 Å². The Morgan fingerprint density at radius 3 is 2.50 bits per heavy atom. The number of nitrogens with one attached hydrogen (secondary N) is 1. The molecule has 1 aliphatic rings. The van der Waals surface area contributed by atoms with Crippen molar-refractivity contribution in [2.45, 2.75) is 44.3 Å². The molecule has 11 heteroatoms. The van der Waals surface area contributed by atoms with Crippen LogP contribution in [0.15, 0.2) is 42.7 Å². The van der Waals surface area contributed by atoms with Crippen molar-refractivity contribution in [3.63, 3.8) is 0 Å². The molecule has 1 amide bonds. The zero-order valence-electron chi connectivity index (χ0n) is 19.3. The number of rotatable bonds is 5. The van der Waals surface area contributed by atoms with Gasteiger partial charge in [-0.15, -0.1) is 0 Å². The molecule has 2 N–H and O–H groups in total. The molecule has 190 valence electrons. The van der Waals surface area contributed by atoms with Gasteiger partial charge in [-0.3, -0.25) is 14.8 Å². The first kappa shape index (κ1) is 25.6. The van der Waals surface area contributed by atoms with E-state index < -0.39 is 54.0 Å². The third kappa shape index (κ3) is 5.36. The molecular formula is C25H22F5N3O3. The van der Waals surface area contributed by atoms with Gasteiger partial charge in [0.2, 0.25) is 0 Å². The second kappa shape index (κ2) is 9.55. The topological polar surface area (TPSA) is 84.3 Å². The molecule has 1 atom stereocenters. The summed E-state index contributed by atoms with van der Waals surface area (Å²) in [4.78, 5) is 21.1. The fraction of sp³-hybridized carbons (Fsp3) is 0.320. The molecule has 1 aliphatic heterocycles. The number of halogens is 5. The summed E-state index contributed by atoms with van der Waals surface area (Å²) in [5.41, 5.74) is -2.38. The molecule has 3 aromatic rings. The van der Waals surface area contributed by atoms with Crippen molar-refractivity contribution < 1.29 is 36.6 Å². The van der Waals surface area contributed by atoms with Crippen molar-refractivity contribution in [3.05, 3.63) is 77.1 Å². The molecule has 0 unspecified atom stereocenters. The van der Waals surface area contributed by atoms with Crippen molar-refractivity contribution in [1.82, 2.24) is 9.97 Å². The molecule has 6 nitrogen and oxygen atoms in total. The van der Waals surface area contributed by atoms with Gasteiger partial charge in [0.15, 0.2) is 0 Å². The van der Waals surface area contributed by atoms with Crippen molar-refractivity contribution in [1.29, 1.82) is 0 Å².